The largest absolute Gasteiger partial charge is 0.383 e. The molecule has 7 N–H and O–H groups in total. The van der Waals surface area contributed by atoms with Crippen LogP contribution in [-0.4, -0.2) is 33.7 Å². The smallest absolute Gasteiger partial charge is 0.184 e. The van der Waals surface area contributed by atoms with Gasteiger partial charge in [-0.15, -0.1) is 0 Å². The Morgan fingerprint density at radius 3 is 2.64 bits per heavy atom. The summed E-state index contributed by atoms with van der Waals surface area (Å²) in [5, 5.41) is 12.6. The van der Waals surface area contributed by atoms with E-state index in [1.54, 1.807) is 12.3 Å². The van der Waals surface area contributed by atoms with Gasteiger partial charge in [0, 0.05) is 23.5 Å². The molecule has 0 aliphatic carbocycles. The van der Waals surface area contributed by atoms with E-state index in [0.717, 1.165) is 47.8 Å². The number of amidine groups is 1. The number of aryl methyl sites for hydroxylation is 2. The molecule has 0 bridgehead atoms. The van der Waals surface area contributed by atoms with Crippen LogP contribution in [0.1, 0.15) is 35.7 Å². The highest BCUT2D eigenvalue weighted by atomic mass is 19.2. The van der Waals surface area contributed by atoms with Crippen LogP contribution < -0.4 is 27.7 Å². The SMILES string of the molecule is Cc1ccc(N(N)/C(=N\N)c2cc(-c3cn(C4CCNCC4)nc3C)cnc2N)c(F)c1F. The van der Waals surface area contributed by atoms with E-state index in [0.29, 0.717) is 6.04 Å². The number of halogens is 2. The quantitative estimate of drug-likeness (QED) is 0.205. The van der Waals surface area contributed by atoms with E-state index in [-0.39, 0.29) is 28.5 Å². The molecule has 3 aromatic rings. The van der Waals surface area contributed by atoms with Gasteiger partial charge in [-0.25, -0.2) is 19.6 Å². The number of piperidine rings is 1. The molecular weight excluding hydrogens is 428 g/mol. The predicted molar refractivity (Wildman–Crippen MR) is 124 cm³/mol. The van der Waals surface area contributed by atoms with Gasteiger partial charge in [0.2, 0.25) is 0 Å². The van der Waals surface area contributed by atoms with Gasteiger partial charge in [0.05, 0.1) is 23.0 Å². The molecule has 0 amide bonds. The number of hydrazone groups is 1. The minimum Gasteiger partial charge on any atom is -0.383 e. The molecule has 0 saturated carbocycles. The molecule has 2 aromatic heterocycles. The maximum atomic E-state index is 14.5. The Bertz CT molecular complexity index is 1200. The van der Waals surface area contributed by atoms with Crippen molar-refractivity contribution in [2.75, 3.05) is 23.8 Å². The lowest BCUT2D eigenvalue weighted by Gasteiger charge is -2.23. The van der Waals surface area contributed by atoms with E-state index in [2.05, 4.69) is 20.5 Å². The van der Waals surface area contributed by atoms with E-state index in [1.807, 2.05) is 17.8 Å². The maximum Gasteiger partial charge on any atom is 0.184 e. The van der Waals surface area contributed by atoms with Crippen LogP contribution in [0.4, 0.5) is 20.3 Å². The number of nitrogen functional groups attached to an aromatic ring is 1. The lowest BCUT2D eigenvalue weighted by Crippen LogP contribution is -2.40. The van der Waals surface area contributed by atoms with Gasteiger partial charge in [-0.3, -0.25) is 9.69 Å². The normalized spacial score (nSPS) is 15.1. The molecule has 9 nitrogen and oxygen atoms in total. The van der Waals surface area contributed by atoms with E-state index in [4.69, 9.17) is 17.4 Å². The summed E-state index contributed by atoms with van der Waals surface area (Å²) < 4.78 is 30.6. The highest BCUT2D eigenvalue weighted by molar-refractivity contribution is 6.12. The molecule has 1 saturated heterocycles. The van der Waals surface area contributed by atoms with Crippen LogP contribution in [0.5, 0.6) is 0 Å². The fourth-order valence-corrected chi connectivity index (χ4v) is 4.02. The van der Waals surface area contributed by atoms with Crippen LogP contribution in [0.3, 0.4) is 0 Å². The Labute approximate surface area is 190 Å². The zero-order valence-corrected chi connectivity index (χ0v) is 18.5. The summed E-state index contributed by atoms with van der Waals surface area (Å²) in [6.45, 7) is 5.27. The molecule has 11 heteroatoms. The Morgan fingerprint density at radius 2 is 1.94 bits per heavy atom. The average Bonchev–Trinajstić information content (AvgIpc) is 3.21. The van der Waals surface area contributed by atoms with Crippen LogP contribution in [-0.2, 0) is 0 Å². The summed E-state index contributed by atoms with van der Waals surface area (Å²) in [5.41, 5.74) is 8.71. The topological polar surface area (TPSA) is 136 Å². The number of hydrogen-bond acceptors (Lipinski definition) is 7. The van der Waals surface area contributed by atoms with Gasteiger partial charge in [-0.05, 0) is 57.5 Å². The number of hydrazine groups is 1. The van der Waals surface area contributed by atoms with Crippen molar-refractivity contribution in [2.45, 2.75) is 32.7 Å². The summed E-state index contributed by atoms with van der Waals surface area (Å²) in [6.07, 6.45) is 5.60. The van der Waals surface area contributed by atoms with Crippen molar-refractivity contribution in [3.05, 3.63) is 59.0 Å². The first-order chi connectivity index (χ1) is 15.8. The highest BCUT2D eigenvalue weighted by Gasteiger charge is 2.23. The fraction of sp³-hybridized carbons (Fsp3) is 0.318. The molecule has 33 heavy (non-hydrogen) atoms. The number of benzene rings is 1. The summed E-state index contributed by atoms with van der Waals surface area (Å²) in [7, 11) is 0. The molecule has 0 spiro atoms. The number of hydrogen-bond donors (Lipinski definition) is 4. The minimum atomic E-state index is -1.11. The third-order valence-corrected chi connectivity index (χ3v) is 5.93. The van der Waals surface area contributed by atoms with Crippen molar-refractivity contribution in [1.82, 2.24) is 20.1 Å². The molecule has 0 radical (unpaired) electrons. The number of nitrogens with one attached hydrogen (secondary N) is 1. The molecule has 3 heterocycles. The van der Waals surface area contributed by atoms with Crippen LogP contribution in [0.15, 0.2) is 35.7 Å². The predicted octanol–water partition coefficient (Wildman–Crippen LogP) is 2.35. The van der Waals surface area contributed by atoms with Gasteiger partial charge in [-0.2, -0.15) is 10.2 Å². The summed E-state index contributed by atoms with van der Waals surface area (Å²) in [6, 6.07) is 4.80. The first-order valence-corrected chi connectivity index (χ1v) is 10.6. The van der Waals surface area contributed by atoms with Gasteiger partial charge < -0.3 is 16.9 Å². The Balaban J connectivity index is 1.71. The number of pyridine rings is 1. The number of anilines is 2. The number of nitrogens with two attached hydrogens (primary N) is 3. The zero-order chi connectivity index (χ0) is 23.7. The van der Waals surface area contributed by atoms with Gasteiger partial charge >= 0.3 is 0 Å². The molecule has 4 rings (SSSR count). The van der Waals surface area contributed by atoms with Crippen LogP contribution >= 0.6 is 0 Å². The average molecular weight is 456 g/mol. The molecule has 1 aliphatic rings. The number of nitrogens with zero attached hydrogens (tertiary/aromatic N) is 5. The van der Waals surface area contributed by atoms with Gasteiger partial charge in [-0.1, -0.05) is 6.07 Å². The van der Waals surface area contributed by atoms with Crippen molar-refractivity contribution in [3.8, 4) is 11.1 Å². The lowest BCUT2D eigenvalue weighted by atomic mass is 10.0. The minimum absolute atomic E-state index is 0.0626. The van der Waals surface area contributed by atoms with Crippen molar-refractivity contribution in [3.63, 3.8) is 0 Å². The van der Waals surface area contributed by atoms with E-state index in [9.17, 15) is 8.78 Å². The first-order valence-electron chi connectivity index (χ1n) is 10.6. The van der Waals surface area contributed by atoms with Crippen LogP contribution in [0.2, 0.25) is 0 Å². The molecular formula is C22H27F2N9. The Hall–Kier alpha value is -3.57. The zero-order valence-electron chi connectivity index (χ0n) is 18.5. The molecule has 1 aromatic carbocycles. The van der Waals surface area contributed by atoms with Gasteiger partial charge in [0.25, 0.3) is 0 Å². The molecule has 0 atom stereocenters. The van der Waals surface area contributed by atoms with Gasteiger partial charge in [0.15, 0.2) is 17.5 Å². The summed E-state index contributed by atoms with van der Waals surface area (Å²) in [5.74, 6) is 9.61. The summed E-state index contributed by atoms with van der Waals surface area (Å²) >= 11 is 0. The number of rotatable bonds is 4. The monoisotopic (exact) mass is 455 g/mol. The molecule has 0 unspecified atom stereocenters. The van der Waals surface area contributed by atoms with E-state index >= 15 is 0 Å². The maximum absolute atomic E-state index is 14.5. The molecule has 1 aliphatic heterocycles. The fourth-order valence-electron chi connectivity index (χ4n) is 4.02. The van der Waals surface area contributed by atoms with E-state index < -0.39 is 11.6 Å². The van der Waals surface area contributed by atoms with E-state index in [1.165, 1.54) is 19.1 Å². The van der Waals surface area contributed by atoms with Crippen LogP contribution in [0, 0.1) is 25.5 Å². The van der Waals surface area contributed by atoms with Crippen molar-refractivity contribution in [2.24, 2.45) is 16.8 Å². The molecule has 1 fully saturated rings. The van der Waals surface area contributed by atoms with Crippen molar-refractivity contribution >= 4 is 17.3 Å². The third-order valence-electron chi connectivity index (χ3n) is 5.93. The Morgan fingerprint density at radius 1 is 1.21 bits per heavy atom. The highest BCUT2D eigenvalue weighted by Crippen LogP contribution is 2.29. The number of aromatic nitrogens is 3. The second kappa shape index (κ2) is 9.12. The summed E-state index contributed by atoms with van der Waals surface area (Å²) in [4.78, 5) is 4.26. The standard InChI is InChI=1S/C22H27F2N9/c1-12-3-4-18(20(24)19(12)23)33(27)22(30-26)16-9-14(10-29-21(16)25)17-11-32(31-13(17)2)15-5-7-28-8-6-15/h3-4,9-11,15,28H,5-8,26-27H2,1-2H3,(H2,25,29)/b30-22-. The third kappa shape index (κ3) is 4.24. The molecule has 174 valence electrons. The second-order valence-corrected chi connectivity index (χ2v) is 8.10. The first kappa shape index (κ1) is 22.6. The lowest BCUT2D eigenvalue weighted by molar-refractivity contribution is 0.342. The van der Waals surface area contributed by atoms with Gasteiger partial charge in [0.1, 0.15) is 5.82 Å². The second-order valence-electron chi connectivity index (χ2n) is 8.10. The Kier molecular flexibility index (Phi) is 6.25. The van der Waals surface area contributed by atoms with Crippen molar-refractivity contribution < 1.29 is 8.78 Å². The van der Waals surface area contributed by atoms with Crippen molar-refractivity contribution in [1.29, 1.82) is 0 Å². The van der Waals surface area contributed by atoms with Crippen LogP contribution in [0.25, 0.3) is 11.1 Å².